The van der Waals surface area contributed by atoms with Crippen molar-refractivity contribution in [3.8, 4) is 0 Å². The zero-order valence-corrected chi connectivity index (χ0v) is 11.1. The van der Waals surface area contributed by atoms with Gasteiger partial charge in [-0.05, 0) is 19.9 Å². The average molecular weight is 226 g/mol. The number of thiazole rings is 1. The predicted octanol–water partition coefficient (Wildman–Crippen LogP) is 3.46. The third-order valence-corrected chi connectivity index (χ3v) is 3.85. The van der Waals surface area contributed by atoms with Gasteiger partial charge in [0.2, 0.25) is 0 Å². The molecule has 0 fully saturated rings. The van der Waals surface area contributed by atoms with Crippen LogP contribution in [0.3, 0.4) is 0 Å². The van der Waals surface area contributed by atoms with Crippen molar-refractivity contribution in [1.29, 1.82) is 0 Å². The predicted molar refractivity (Wildman–Crippen MR) is 67.6 cm³/mol. The molecule has 0 aliphatic heterocycles. The molecule has 15 heavy (non-hydrogen) atoms. The van der Waals surface area contributed by atoms with Crippen LogP contribution in [0.2, 0.25) is 0 Å². The maximum Gasteiger partial charge on any atom is 0.0956 e. The van der Waals surface area contributed by atoms with E-state index in [1.165, 1.54) is 28.4 Å². The van der Waals surface area contributed by atoms with Crippen molar-refractivity contribution in [2.45, 2.75) is 53.0 Å². The van der Waals surface area contributed by atoms with Crippen LogP contribution in [0.25, 0.3) is 0 Å². The number of unbranched alkanes of at least 4 members (excludes halogenated alkanes) is 1. The second-order valence-corrected chi connectivity index (χ2v) is 5.36. The van der Waals surface area contributed by atoms with Crippen molar-refractivity contribution in [1.82, 2.24) is 10.3 Å². The van der Waals surface area contributed by atoms with Crippen LogP contribution in [-0.2, 0) is 6.54 Å². The number of hydrogen-bond donors (Lipinski definition) is 1. The molecular formula is C12H22N2S. The van der Waals surface area contributed by atoms with Gasteiger partial charge in [-0.15, -0.1) is 11.3 Å². The van der Waals surface area contributed by atoms with Crippen molar-refractivity contribution >= 4 is 11.3 Å². The number of nitrogens with one attached hydrogen (secondary N) is 1. The first kappa shape index (κ1) is 12.7. The topological polar surface area (TPSA) is 24.9 Å². The second kappa shape index (κ2) is 6.23. The van der Waals surface area contributed by atoms with Gasteiger partial charge >= 0.3 is 0 Å². The van der Waals surface area contributed by atoms with Crippen LogP contribution in [0.4, 0.5) is 0 Å². The molecule has 0 aromatic carbocycles. The Kier molecular flexibility index (Phi) is 5.26. The van der Waals surface area contributed by atoms with E-state index >= 15 is 0 Å². The summed E-state index contributed by atoms with van der Waals surface area (Å²) in [6.07, 6.45) is 2.51. The maximum atomic E-state index is 4.59. The molecule has 0 spiro atoms. The van der Waals surface area contributed by atoms with E-state index in [-0.39, 0.29) is 0 Å². The lowest BCUT2D eigenvalue weighted by molar-refractivity contribution is 0.644. The average Bonchev–Trinajstić information content (AvgIpc) is 2.55. The largest absolute Gasteiger partial charge is 0.312 e. The van der Waals surface area contributed by atoms with Crippen molar-refractivity contribution < 1.29 is 0 Å². The highest BCUT2D eigenvalue weighted by molar-refractivity contribution is 7.11. The molecule has 86 valence electrons. The summed E-state index contributed by atoms with van der Waals surface area (Å²) >= 11 is 1.85. The molecule has 1 rings (SSSR count). The third kappa shape index (κ3) is 3.92. The highest BCUT2D eigenvalue weighted by Crippen LogP contribution is 2.24. The molecule has 0 saturated carbocycles. The highest BCUT2D eigenvalue weighted by atomic mass is 32.1. The first-order valence-corrected chi connectivity index (χ1v) is 6.63. The fourth-order valence-corrected chi connectivity index (χ4v) is 2.40. The molecule has 0 amide bonds. The summed E-state index contributed by atoms with van der Waals surface area (Å²) in [5, 5.41) is 4.73. The summed E-state index contributed by atoms with van der Waals surface area (Å²) < 4.78 is 0. The molecule has 0 bridgehead atoms. The molecule has 3 heteroatoms. The minimum atomic E-state index is 0.554. The van der Waals surface area contributed by atoms with E-state index in [9.17, 15) is 0 Å². The molecule has 0 radical (unpaired) electrons. The highest BCUT2D eigenvalue weighted by Gasteiger charge is 2.09. The number of nitrogens with zero attached hydrogens (tertiary/aromatic N) is 1. The Morgan fingerprint density at radius 2 is 2.13 bits per heavy atom. The summed E-state index contributed by atoms with van der Waals surface area (Å²) in [6.45, 7) is 10.8. The molecule has 2 nitrogen and oxygen atoms in total. The Hall–Kier alpha value is -0.410. The molecular weight excluding hydrogens is 204 g/mol. The SMILES string of the molecule is CCCCNCc1sc(C(C)C)nc1C. The zero-order chi connectivity index (χ0) is 11.3. The van der Waals surface area contributed by atoms with E-state index in [1.54, 1.807) is 0 Å². The van der Waals surface area contributed by atoms with E-state index in [0.29, 0.717) is 5.92 Å². The van der Waals surface area contributed by atoms with Crippen molar-refractivity contribution in [2.75, 3.05) is 6.54 Å². The molecule has 0 aliphatic carbocycles. The van der Waals surface area contributed by atoms with Gasteiger partial charge in [0.15, 0.2) is 0 Å². The Labute approximate surface area is 97.1 Å². The van der Waals surface area contributed by atoms with Crippen molar-refractivity contribution in [2.24, 2.45) is 0 Å². The Morgan fingerprint density at radius 1 is 1.40 bits per heavy atom. The molecule has 0 saturated heterocycles. The van der Waals surface area contributed by atoms with Crippen LogP contribution in [0.1, 0.15) is 55.1 Å². The summed E-state index contributed by atoms with van der Waals surface area (Å²) in [4.78, 5) is 5.99. The van der Waals surface area contributed by atoms with Crippen molar-refractivity contribution in [3.63, 3.8) is 0 Å². The van der Waals surface area contributed by atoms with E-state index < -0.39 is 0 Å². The van der Waals surface area contributed by atoms with E-state index in [4.69, 9.17) is 0 Å². The number of aromatic nitrogens is 1. The van der Waals surface area contributed by atoms with Gasteiger partial charge in [-0.1, -0.05) is 27.2 Å². The minimum absolute atomic E-state index is 0.554. The lowest BCUT2D eigenvalue weighted by atomic mass is 10.2. The normalized spacial score (nSPS) is 11.3. The summed E-state index contributed by atoms with van der Waals surface area (Å²) in [5.74, 6) is 0.554. The van der Waals surface area contributed by atoms with Crippen molar-refractivity contribution in [3.05, 3.63) is 15.6 Å². The lowest BCUT2D eigenvalue weighted by Crippen LogP contribution is -2.14. The number of rotatable bonds is 6. The molecule has 1 aromatic rings. The summed E-state index contributed by atoms with van der Waals surface area (Å²) in [7, 11) is 0. The van der Waals surface area contributed by atoms with Gasteiger partial charge in [-0.2, -0.15) is 0 Å². The molecule has 1 aromatic heterocycles. The zero-order valence-electron chi connectivity index (χ0n) is 10.3. The fraction of sp³-hybridized carbons (Fsp3) is 0.750. The van der Waals surface area contributed by atoms with Gasteiger partial charge in [0, 0.05) is 17.3 Å². The van der Waals surface area contributed by atoms with E-state index in [2.05, 4.69) is 38.0 Å². The standard InChI is InChI=1S/C12H22N2S/c1-5-6-7-13-8-11-10(4)14-12(15-11)9(2)3/h9,13H,5-8H2,1-4H3. The second-order valence-electron chi connectivity index (χ2n) is 4.25. The number of aryl methyl sites for hydroxylation is 1. The summed E-state index contributed by atoms with van der Waals surface area (Å²) in [5.41, 5.74) is 1.20. The van der Waals surface area contributed by atoms with Crippen LogP contribution >= 0.6 is 11.3 Å². The van der Waals surface area contributed by atoms with Gasteiger partial charge in [0.1, 0.15) is 0 Å². The van der Waals surface area contributed by atoms with E-state index in [1.807, 2.05) is 11.3 Å². The minimum Gasteiger partial charge on any atom is -0.312 e. The molecule has 1 heterocycles. The monoisotopic (exact) mass is 226 g/mol. The van der Waals surface area contributed by atoms with Crippen LogP contribution in [0, 0.1) is 6.92 Å². The quantitative estimate of drug-likeness (QED) is 0.751. The molecule has 0 atom stereocenters. The van der Waals surface area contributed by atoms with Gasteiger partial charge in [0.25, 0.3) is 0 Å². The van der Waals surface area contributed by atoms with E-state index in [0.717, 1.165) is 13.1 Å². The molecule has 0 aliphatic rings. The smallest absolute Gasteiger partial charge is 0.0956 e. The molecule has 1 N–H and O–H groups in total. The Morgan fingerprint density at radius 3 is 2.67 bits per heavy atom. The number of hydrogen-bond acceptors (Lipinski definition) is 3. The maximum absolute atomic E-state index is 4.59. The van der Waals surface area contributed by atoms with Crippen LogP contribution in [0.5, 0.6) is 0 Å². The first-order valence-electron chi connectivity index (χ1n) is 5.82. The Bertz CT molecular complexity index is 292. The first-order chi connectivity index (χ1) is 7.15. The van der Waals surface area contributed by atoms with Crippen LogP contribution < -0.4 is 5.32 Å². The Balaban J connectivity index is 2.46. The third-order valence-electron chi connectivity index (χ3n) is 2.40. The lowest BCUT2D eigenvalue weighted by Gasteiger charge is -2.01. The van der Waals surface area contributed by atoms with Gasteiger partial charge in [-0.3, -0.25) is 0 Å². The van der Waals surface area contributed by atoms with Crippen LogP contribution in [-0.4, -0.2) is 11.5 Å². The summed E-state index contributed by atoms with van der Waals surface area (Å²) in [6, 6.07) is 0. The fourth-order valence-electron chi connectivity index (χ4n) is 1.37. The van der Waals surface area contributed by atoms with Crippen LogP contribution in [0.15, 0.2) is 0 Å². The van der Waals surface area contributed by atoms with Gasteiger partial charge < -0.3 is 5.32 Å². The van der Waals surface area contributed by atoms with Gasteiger partial charge in [-0.25, -0.2) is 4.98 Å². The van der Waals surface area contributed by atoms with Gasteiger partial charge in [0.05, 0.1) is 10.7 Å². The molecule has 0 unspecified atom stereocenters.